The summed E-state index contributed by atoms with van der Waals surface area (Å²) >= 11 is 2.12. The van der Waals surface area contributed by atoms with Gasteiger partial charge in [0.05, 0.1) is 0 Å². The minimum Gasteiger partial charge on any atom is -0.317 e. The Morgan fingerprint density at radius 1 is 1.35 bits per heavy atom. The Kier molecular flexibility index (Phi) is 4.79. The van der Waals surface area contributed by atoms with E-state index in [-0.39, 0.29) is 0 Å². The highest BCUT2D eigenvalue weighted by molar-refractivity contribution is 8.00. The maximum atomic E-state index is 3.44. The second-order valence-corrected chi connectivity index (χ2v) is 7.20. The molecular formula is C14H28N2S. The Morgan fingerprint density at radius 2 is 2.06 bits per heavy atom. The van der Waals surface area contributed by atoms with Crippen molar-refractivity contribution in [3.63, 3.8) is 0 Å². The van der Waals surface area contributed by atoms with E-state index in [2.05, 4.69) is 42.2 Å². The van der Waals surface area contributed by atoms with E-state index < -0.39 is 0 Å². The quantitative estimate of drug-likeness (QED) is 0.832. The molecule has 3 heteroatoms. The number of hydrogen-bond acceptors (Lipinski definition) is 3. The van der Waals surface area contributed by atoms with Gasteiger partial charge in [0, 0.05) is 23.4 Å². The van der Waals surface area contributed by atoms with Gasteiger partial charge in [-0.05, 0) is 52.5 Å². The SMILES string of the molecule is CNC1CCN(CC2(SC)CCCC2)C(C)C1. The molecule has 1 aliphatic heterocycles. The average Bonchev–Trinajstić information content (AvgIpc) is 2.81. The van der Waals surface area contributed by atoms with Gasteiger partial charge in [0.15, 0.2) is 0 Å². The van der Waals surface area contributed by atoms with Crippen LogP contribution < -0.4 is 5.32 Å². The van der Waals surface area contributed by atoms with Crippen molar-refractivity contribution in [3.8, 4) is 0 Å². The molecule has 2 fully saturated rings. The largest absolute Gasteiger partial charge is 0.317 e. The Hall–Kier alpha value is 0.270. The van der Waals surface area contributed by atoms with E-state index in [1.54, 1.807) is 0 Å². The van der Waals surface area contributed by atoms with E-state index in [1.165, 1.54) is 51.6 Å². The van der Waals surface area contributed by atoms with Crippen molar-refractivity contribution in [2.75, 3.05) is 26.4 Å². The summed E-state index contributed by atoms with van der Waals surface area (Å²) in [5, 5.41) is 3.44. The van der Waals surface area contributed by atoms with Gasteiger partial charge in [-0.2, -0.15) is 11.8 Å². The Bertz CT molecular complexity index is 238. The number of thioether (sulfide) groups is 1. The van der Waals surface area contributed by atoms with Crippen molar-refractivity contribution in [1.82, 2.24) is 10.2 Å². The molecule has 17 heavy (non-hydrogen) atoms. The van der Waals surface area contributed by atoms with Crippen LogP contribution in [-0.4, -0.2) is 48.1 Å². The van der Waals surface area contributed by atoms with Crippen LogP contribution in [-0.2, 0) is 0 Å². The molecule has 1 aliphatic carbocycles. The van der Waals surface area contributed by atoms with Crippen molar-refractivity contribution in [2.45, 2.75) is 62.3 Å². The predicted octanol–water partition coefficient (Wildman–Crippen LogP) is 2.73. The molecule has 1 saturated carbocycles. The van der Waals surface area contributed by atoms with Crippen LogP contribution in [0.15, 0.2) is 0 Å². The standard InChI is InChI=1S/C14H28N2S/c1-12-10-13(15-2)6-9-16(12)11-14(17-3)7-4-5-8-14/h12-13,15H,4-11H2,1-3H3. The van der Waals surface area contributed by atoms with Crippen LogP contribution in [0.25, 0.3) is 0 Å². The first-order chi connectivity index (χ1) is 8.19. The van der Waals surface area contributed by atoms with Crippen molar-refractivity contribution >= 4 is 11.8 Å². The molecule has 0 aromatic heterocycles. The summed E-state index contributed by atoms with van der Waals surface area (Å²) in [6.07, 6.45) is 10.7. The highest BCUT2D eigenvalue weighted by atomic mass is 32.2. The van der Waals surface area contributed by atoms with Crippen LogP contribution in [0.4, 0.5) is 0 Å². The van der Waals surface area contributed by atoms with Crippen LogP contribution in [0.5, 0.6) is 0 Å². The van der Waals surface area contributed by atoms with Gasteiger partial charge in [-0.1, -0.05) is 12.8 Å². The number of nitrogens with zero attached hydrogens (tertiary/aromatic N) is 1. The van der Waals surface area contributed by atoms with Gasteiger partial charge in [0.2, 0.25) is 0 Å². The van der Waals surface area contributed by atoms with Gasteiger partial charge in [-0.15, -0.1) is 0 Å². The van der Waals surface area contributed by atoms with Crippen LogP contribution in [0.3, 0.4) is 0 Å². The fourth-order valence-corrected chi connectivity index (χ4v) is 4.53. The number of rotatable bonds is 4. The fraction of sp³-hybridized carbons (Fsp3) is 1.00. The molecule has 0 radical (unpaired) electrons. The van der Waals surface area contributed by atoms with Crippen LogP contribution >= 0.6 is 11.8 Å². The summed E-state index contributed by atoms with van der Waals surface area (Å²) < 4.78 is 0.584. The molecule has 2 rings (SSSR count). The zero-order valence-corrected chi connectivity index (χ0v) is 12.5. The molecule has 1 saturated heterocycles. The summed E-state index contributed by atoms with van der Waals surface area (Å²) in [7, 11) is 2.10. The maximum absolute atomic E-state index is 3.44. The summed E-state index contributed by atoms with van der Waals surface area (Å²) in [6.45, 7) is 5.02. The van der Waals surface area contributed by atoms with Crippen LogP contribution in [0.2, 0.25) is 0 Å². The first-order valence-corrected chi connectivity index (χ1v) is 8.38. The second-order valence-electron chi connectivity index (χ2n) is 5.92. The van der Waals surface area contributed by atoms with Crippen molar-refractivity contribution in [1.29, 1.82) is 0 Å². The van der Waals surface area contributed by atoms with E-state index in [0.29, 0.717) is 4.75 Å². The first-order valence-electron chi connectivity index (χ1n) is 7.15. The van der Waals surface area contributed by atoms with Crippen molar-refractivity contribution in [3.05, 3.63) is 0 Å². The zero-order chi connectivity index (χ0) is 12.3. The molecule has 0 aromatic carbocycles. The molecule has 2 unspecified atom stereocenters. The van der Waals surface area contributed by atoms with Crippen LogP contribution in [0, 0.1) is 0 Å². The van der Waals surface area contributed by atoms with Crippen molar-refractivity contribution < 1.29 is 0 Å². The topological polar surface area (TPSA) is 15.3 Å². The van der Waals surface area contributed by atoms with Gasteiger partial charge in [0.25, 0.3) is 0 Å². The zero-order valence-electron chi connectivity index (χ0n) is 11.7. The van der Waals surface area contributed by atoms with Gasteiger partial charge >= 0.3 is 0 Å². The third kappa shape index (κ3) is 3.18. The summed E-state index contributed by atoms with van der Waals surface area (Å²) in [5.74, 6) is 0. The molecule has 0 bridgehead atoms. The first kappa shape index (κ1) is 13.7. The Morgan fingerprint density at radius 3 is 2.59 bits per heavy atom. The number of hydrogen-bond donors (Lipinski definition) is 1. The van der Waals surface area contributed by atoms with Gasteiger partial charge < -0.3 is 5.32 Å². The average molecular weight is 256 g/mol. The second kappa shape index (κ2) is 5.94. The van der Waals surface area contributed by atoms with E-state index >= 15 is 0 Å². The van der Waals surface area contributed by atoms with E-state index in [9.17, 15) is 0 Å². The van der Waals surface area contributed by atoms with Crippen molar-refractivity contribution in [2.24, 2.45) is 0 Å². The summed E-state index contributed by atoms with van der Waals surface area (Å²) in [4.78, 5) is 2.75. The molecule has 1 heterocycles. The van der Waals surface area contributed by atoms with Gasteiger partial charge in [0.1, 0.15) is 0 Å². The smallest absolute Gasteiger partial charge is 0.0284 e. The predicted molar refractivity (Wildman–Crippen MR) is 77.8 cm³/mol. The monoisotopic (exact) mass is 256 g/mol. The molecule has 1 N–H and O–H groups in total. The lowest BCUT2D eigenvalue weighted by Gasteiger charge is -2.42. The van der Waals surface area contributed by atoms with E-state index in [4.69, 9.17) is 0 Å². The highest BCUT2D eigenvalue weighted by Crippen LogP contribution is 2.41. The third-order valence-electron chi connectivity index (χ3n) is 4.86. The third-order valence-corrected chi connectivity index (χ3v) is 6.26. The number of likely N-dealkylation sites (tertiary alicyclic amines) is 1. The molecule has 0 amide bonds. The molecule has 100 valence electrons. The molecule has 0 spiro atoms. The van der Waals surface area contributed by atoms with E-state index in [1.807, 2.05) is 0 Å². The minimum atomic E-state index is 0.584. The normalized spacial score (nSPS) is 34.1. The summed E-state index contributed by atoms with van der Waals surface area (Å²) in [6, 6.07) is 1.50. The molecule has 2 nitrogen and oxygen atoms in total. The summed E-state index contributed by atoms with van der Waals surface area (Å²) in [5.41, 5.74) is 0. The Balaban J connectivity index is 1.90. The lowest BCUT2D eigenvalue weighted by Crippen LogP contribution is -2.50. The van der Waals surface area contributed by atoms with Gasteiger partial charge in [-0.3, -0.25) is 4.90 Å². The lowest BCUT2D eigenvalue weighted by molar-refractivity contribution is 0.126. The fourth-order valence-electron chi connectivity index (χ4n) is 3.53. The molecular weight excluding hydrogens is 228 g/mol. The molecule has 2 atom stereocenters. The lowest BCUT2D eigenvalue weighted by atomic mass is 9.96. The molecule has 2 aliphatic rings. The number of piperidine rings is 1. The van der Waals surface area contributed by atoms with Gasteiger partial charge in [-0.25, -0.2) is 0 Å². The Labute approximate surface area is 111 Å². The number of nitrogens with one attached hydrogen (secondary N) is 1. The highest BCUT2D eigenvalue weighted by Gasteiger charge is 2.37. The minimum absolute atomic E-state index is 0.584. The maximum Gasteiger partial charge on any atom is 0.0284 e. The van der Waals surface area contributed by atoms with Crippen LogP contribution in [0.1, 0.15) is 45.4 Å². The van der Waals surface area contributed by atoms with E-state index in [0.717, 1.165) is 12.1 Å². The molecule has 0 aromatic rings.